The van der Waals surface area contributed by atoms with Gasteiger partial charge in [0.1, 0.15) is 0 Å². The fourth-order valence-electron chi connectivity index (χ4n) is 5.44. The summed E-state index contributed by atoms with van der Waals surface area (Å²) in [5.74, 6) is 1.34. The molecule has 1 aliphatic carbocycles. The van der Waals surface area contributed by atoms with Gasteiger partial charge < -0.3 is 24.8 Å². The van der Waals surface area contributed by atoms with Crippen molar-refractivity contribution in [1.29, 1.82) is 0 Å². The summed E-state index contributed by atoms with van der Waals surface area (Å²) in [6.45, 7) is 7.13. The molecule has 0 radical (unpaired) electrons. The first kappa shape index (κ1) is 28.9. The molecule has 0 amide bonds. The molecule has 0 fully saturated rings. The van der Waals surface area contributed by atoms with Gasteiger partial charge in [0.25, 0.3) is 0 Å². The van der Waals surface area contributed by atoms with Crippen molar-refractivity contribution in [2.75, 3.05) is 0 Å². The van der Waals surface area contributed by atoms with E-state index in [0.29, 0.717) is 11.8 Å². The van der Waals surface area contributed by atoms with E-state index >= 15 is 0 Å². The van der Waals surface area contributed by atoms with E-state index in [1.807, 2.05) is 0 Å². The van der Waals surface area contributed by atoms with Crippen molar-refractivity contribution in [1.82, 2.24) is 0 Å². The molecule has 0 saturated heterocycles. The Morgan fingerprint density at radius 2 is 1.31 bits per heavy atom. The van der Waals surface area contributed by atoms with Crippen molar-refractivity contribution in [3.63, 3.8) is 0 Å². The average molecular weight is 592 g/mol. The third kappa shape index (κ3) is 6.24. The van der Waals surface area contributed by atoms with Gasteiger partial charge in [0, 0.05) is 0 Å². The second-order valence-corrected chi connectivity index (χ2v) is 11.5. The first-order chi connectivity index (χ1) is 16.5. The molecule has 2 atom stereocenters. The molecule has 0 bridgehead atoms. The van der Waals surface area contributed by atoms with Crippen LogP contribution in [0.1, 0.15) is 52.8 Å². The number of hydrogen-bond donors (Lipinski definition) is 0. The third-order valence-electron chi connectivity index (χ3n) is 7.77. The zero-order chi connectivity index (χ0) is 23.7. The van der Waals surface area contributed by atoms with Crippen LogP contribution in [0.2, 0.25) is 0 Å². The molecule has 2 unspecified atom stereocenters. The van der Waals surface area contributed by atoms with Crippen LogP contribution >= 0.6 is 0 Å². The van der Waals surface area contributed by atoms with Gasteiger partial charge in [0.2, 0.25) is 0 Å². The van der Waals surface area contributed by atoms with Gasteiger partial charge >= 0.3 is 221 Å². The van der Waals surface area contributed by atoms with Gasteiger partial charge in [-0.15, -0.1) is 0 Å². The molecule has 0 nitrogen and oxygen atoms in total. The molecule has 0 heterocycles. The first-order valence-electron chi connectivity index (χ1n) is 12.6. The van der Waals surface area contributed by atoms with Gasteiger partial charge in [0.15, 0.2) is 0 Å². The number of fused-ring (bicyclic) bond motifs is 3. The van der Waals surface area contributed by atoms with Gasteiger partial charge in [-0.05, 0) is 0 Å². The van der Waals surface area contributed by atoms with Crippen LogP contribution in [0.25, 0.3) is 11.1 Å². The quantitative estimate of drug-likeness (QED) is 0.269. The van der Waals surface area contributed by atoms with Gasteiger partial charge in [0.05, 0.1) is 0 Å². The van der Waals surface area contributed by atoms with Crippen LogP contribution in [0.5, 0.6) is 0 Å². The smallest absolute Gasteiger partial charge is 1.00 e. The standard InChI is InChI=1S/C33H33.2ClH.Zr/c1-23(16-26-10-6-4-7-11-26)24(2)17-28-14-15-32-31(20-28)21-30-18-25(3)29(22-33(30)32)19-27-12-8-5-9-13-27;;;/h4-15,18,22-24H,16-17,19,21H2,1-3H3;2*1H;/q;;;+2/p-2. The van der Waals surface area contributed by atoms with E-state index in [-0.39, 0.29) is 24.8 Å². The molecular weight excluding hydrogens is 558 g/mol. The molecule has 0 spiro atoms. The predicted octanol–water partition coefficient (Wildman–Crippen LogP) is 1.39. The van der Waals surface area contributed by atoms with E-state index in [2.05, 4.69) is 106 Å². The van der Waals surface area contributed by atoms with Crippen LogP contribution in [-0.4, -0.2) is 0 Å². The van der Waals surface area contributed by atoms with Crippen LogP contribution in [-0.2, 0) is 50.4 Å². The SMILES string of the molecule is Cc1cc2c(cc1Cc1ccccc1)-c1ccc(CC(C)C(C)Cc3ccccc3)[c]([Zr+2])c1C2.[Cl-].[Cl-]. The average Bonchev–Trinajstić information content (AvgIpc) is 3.20. The maximum atomic E-state index is 2.48. The first-order valence-corrected chi connectivity index (χ1v) is 13.8. The molecule has 0 N–H and O–H groups in total. The Labute approximate surface area is 244 Å². The van der Waals surface area contributed by atoms with Gasteiger partial charge in [-0.3, -0.25) is 0 Å². The summed E-state index contributed by atoms with van der Waals surface area (Å²) >= 11 is 1.55. The largest absolute Gasteiger partial charge is 1.00 e. The van der Waals surface area contributed by atoms with E-state index in [0.717, 1.165) is 19.3 Å². The van der Waals surface area contributed by atoms with Gasteiger partial charge in [-0.1, -0.05) is 0 Å². The molecule has 5 rings (SSSR count). The second kappa shape index (κ2) is 12.7. The number of aryl methyl sites for hydroxylation is 1. The summed E-state index contributed by atoms with van der Waals surface area (Å²) in [5, 5.41) is 0. The number of rotatable bonds is 7. The maximum absolute atomic E-state index is 2.48. The Bertz CT molecular complexity index is 1300. The van der Waals surface area contributed by atoms with Crippen molar-refractivity contribution in [3.05, 3.63) is 124 Å². The zero-order valence-corrected chi connectivity index (χ0v) is 25.3. The van der Waals surface area contributed by atoms with E-state index in [1.165, 1.54) is 45.4 Å². The van der Waals surface area contributed by atoms with Crippen LogP contribution < -0.4 is 28.1 Å². The van der Waals surface area contributed by atoms with E-state index < -0.39 is 0 Å². The van der Waals surface area contributed by atoms with Gasteiger partial charge in [-0.25, -0.2) is 0 Å². The van der Waals surface area contributed by atoms with E-state index in [4.69, 9.17) is 0 Å². The Balaban J connectivity index is 0.00000180. The molecule has 0 aromatic heterocycles. The summed E-state index contributed by atoms with van der Waals surface area (Å²) < 4.78 is 1.60. The summed E-state index contributed by atoms with van der Waals surface area (Å²) in [5.41, 5.74) is 13.3. The van der Waals surface area contributed by atoms with E-state index in [1.54, 1.807) is 39.1 Å². The minimum atomic E-state index is 0. The predicted molar refractivity (Wildman–Crippen MR) is 140 cm³/mol. The zero-order valence-electron chi connectivity index (χ0n) is 21.3. The van der Waals surface area contributed by atoms with Gasteiger partial charge in [-0.2, -0.15) is 0 Å². The maximum Gasteiger partial charge on any atom is -1.00 e. The van der Waals surface area contributed by atoms with Crippen LogP contribution in [0.4, 0.5) is 0 Å². The molecule has 4 aromatic rings. The molecule has 0 saturated carbocycles. The Morgan fingerprint density at radius 3 is 1.97 bits per heavy atom. The number of halogens is 2. The monoisotopic (exact) mass is 589 g/mol. The Hall–Kier alpha value is -1.66. The molecule has 36 heavy (non-hydrogen) atoms. The van der Waals surface area contributed by atoms with Crippen molar-refractivity contribution in [2.45, 2.75) is 46.5 Å². The van der Waals surface area contributed by atoms with Crippen LogP contribution in [0.3, 0.4) is 0 Å². The normalized spacial score (nSPS) is 13.1. The molecule has 183 valence electrons. The fourth-order valence-corrected chi connectivity index (χ4v) is 6.45. The van der Waals surface area contributed by atoms with E-state index in [9.17, 15) is 0 Å². The third-order valence-corrected chi connectivity index (χ3v) is 9.30. The Morgan fingerprint density at radius 1 is 0.694 bits per heavy atom. The second-order valence-electron chi connectivity index (χ2n) is 10.2. The Kier molecular flexibility index (Phi) is 10.2. The molecule has 1 aliphatic rings. The summed E-state index contributed by atoms with van der Waals surface area (Å²) in [6, 6.07) is 31.6. The van der Waals surface area contributed by atoms with Crippen molar-refractivity contribution >= 4 is 3.27 Å². The van der Waals surface area contributed by atoms with Crippen molar-refractivity contribution < 1.29 is 49.5 Å². The van der Waals surface area contributed by atoms with Crippen molar-refractivity contribution in [2.24, 2.45) is 11.8 Å². The topological polar surface area (TPSA) is 0 Å². The van der Waals surface area contributed by atoms with Crippen LogP contribution in [0.15, 0.2) is 84.9 Å². The minimum Gasteiger partial charge on any atom is -1.00 e. The minimum absolute atomic E-state index is 0. The van der Waals surface area contributed by atoms with Crippen LogP contribution in [0, 0.1) is 18.8 Å². The fraction of sp³-hybridized carbons (Fsp3) is 0.273. The molecule has 0 aliphatic heterocycles. The molecule has 3 heteroatoms. The number of hydrogen-bond acceptors (Lipinski definition) is 0. The summed E-state index contributed by atoms with van der Waals surface area (Å²) in [6.07, 6.45) is 4.44. The summed E-state index contributed by atoms with van der Waals surface area (Å²) in [4.78, 5) is 0. The molecule has 4 aromatic carbocycles. The number of benzene rings is 4. The molecular formula is C33H33Cl2Zr. The van der Waals surface area contributed by atoms with Crippen molar-refractivity contribution in [3.8, 4) is 11.1 Å². The summed E-state index contributed by atoms with van der Waals surface area (Å²) in [7, 11) is 0.